The van der Waals surface area contributed by atoms with Crippen molar-refractivity contribution in [1.29, 1.82) is 5.26 Å². The van der Waals surface area contributed by atoms with Crippen LogP contribution in [0.4, 0.5) is 14.6 Å². The molecule has 0 bridgehead atoms. The number of halogens is 2. The molecule has 0 amide bonds. The number of piperazine rings is 1. The van der Waals surface area contributed by atoms with Gasteiger partial charge in [-0.25, -0.2) is 18.6 Å². The quantitative estimate of drug-likeness (QED) is 0.483. The van der Waals surface area contributed by atoms with E-state index in [-0.39, 0.29) is 35.6 Å². The Morgan fingerprint density at radius 1 is 1.21 bits per heavy atom. The summed E-state index contributed by atoms with van der Waals surface area (Å²) in [7, 11) is 1.65. The largest absolute Gasteiger partial charge is 0.449 e. The zero-order valence-electron chi connectivity index (χ0n) is 23.2. The molecule has 1 unspecified atom stereocenters. The monoisotopic (exact) mass is 541 g/mol. The van der Waals surface area contributed by atoms with Crippen LogP contribution in [-0.4, -0.2) is 55.0 Å². The second-order valence-corrected chi connectivity index (χ2v) is 10.8. The number of imidazole rings is 1. The fourth-order valence-corrected chi connectivity index (χ4v) is 5.86. The van der Waals surface area contributed by atoms with Crippen LogP contribution in [0.1, 0.15) is 59.0 Å². The van der Waals surface area contributed by atoms with Gasteiger partial charge in [-0.1, -0.05) is 0 Å². The van der Waals surface area contributed by atoms with Gasteiger partial charge in [-0.15, -0.1) is 0 Å². The van der Waals surface area contributed by atoms with E-state index in [1.807, 2.05) is 35.1 Å². The van der Waals surface area contributed by atoms with E-state index in [0.717, 1.165) is 0 Å². The van der Waals surface area contributed by atoms with E-state index in [1.165, 1.54) is 10.6 Å². The summed E-state index contributed by atoms with van der Waals surface area (Å²) in [6.07, 6.45) is 0.108. The lowest BCUT2D eigenvalue weighted by Crippen LogP contribution is -2.57. The number of nitrogens with zero attached hydrogens (tertiary/aromatic N) is 7. The summed E-state index contributed by atoms with van der Waals surface area (Å²) in [5.74, 6) is -1.51. The third-order valence-electron chi connectivity index (χ3n) is 7.69. The van der Waals surface area contributed by atoms with Crippen molar-refractivity contribution in [2.45, 2.75) is 78.4 Å². The first-order valence-corrected chi connectivity index (χ1v) is 13.1. The van der Waals surface area contributed by atoms with Crippen molar-refractivity contribution in [3.8, 4) is 17.6 Å². The number of anilines is 1. The lowest BCUT2D eigenvalue weighted by atomic mass is 9.99. The summed E-state index contributed by atoms with van der Waals surface area (Å²) in [4.78, 5) is 26.1. The van der Waals surface area contributed by atoms with Gasteiger partial charge in [-0.3, -0.25) is 9.47 Å². The Balaban J connectivity index is 1.49. The van der Waals surface area contributed by atoms with Gasteiger partial charge in [0, 0.05) is 70.3 Å². The molecule has 0 aliphatic carbocycles. The Kier molecular flexibility index (Phi) is 6.53. The van der Waals surface area contributed by atoms with E-state index in [1.54, 1.807) is 27.8 Å². The molecular formula is C27H33F2N7O3. The molecule has 0 spiro atoms. The molecule has 1 fully saturated rings. The highest BCUT2D eigenvalue weighted by Crippen LogP contribution is 2.45. The van der Waals surface area contributed by atoms with E-state index < -0.39 is 29.2 Å². The van der Waals surface area contributed by atoms with Crippen LogP contribution in [0.3, 0.4) is 0 Å². The van der Waals surface area contributed by atoms with Crippen LogP contribution in [0.25, 0.3) is 11.2 Å². The molecule has 0 saturated carbocycles. The summed E-state index contributed by atoms with van der Waals surface area (Å²) < 4.78 is 45.3. The average molecular weight is 542 g/mol. The van der Waals surface area contributed by atoms with Crippen molar-refractivity contribution >= 4 is 17.0 Å². The molecule has 1 aromatic carbocycles. The molecule has 3 atom stereocenters. The maximum absolute atomic E-state index is 15.6. The van der Waals surface area contributed by atoms with Crippen LogP contribution in [0.15, 0.2) is 10.9 Å². The summed E-state index contributed by atoms with van der Waals surface area (Å²) >= 11 is 0. The Morgan fingerprint density at radius 2 is 1.92 bits per heavy atom. The van der Waals surface area contributed by atoms with Crippen molar-refractivity contribution < 1.29 is 18.3 Å². The van der Waals surface area contributed by atoms with Crippen molar-refractivity contribution in [2.75, 3.05) is 18.0 Å². The molecule has 2 aliphatic rings. The number of ether oxygens (including phenoxy) is 2. The number of rotatable bonds is 5. The Morgan fingerprint density at radius 3 is 2.59 bits per heavy atom. The van der Waals surface area contributed by atoms with Gasteiger partial charge >= 0.3 is 5.69 Å². The maximum atomic E-state index is 15.6. The Hall–Kier alpha value is -3.72. The Labute approximate surface area is 225 Å². The van der Waals surface area contributed by atoms with E-state index >= 15 is 8.78 Å². The number of hydrogen-bond donors (Lipinski definition) is 0. The lowest BCUT2D eigenvalue weighted by Gasteiger charge is -2.47. The van der Waals surface area contributed by atoms with E-state index in [2.05, 4.69) is 11.1 Å². The van der Waals surface area contributed by atoms with Gasteiger partial charge in [0.2, 0.25) is 11.5 Å². The number of nitriles is 1. The van der Waals surface area contributed by atoms with Gasteiger partial charge in [-0.2, -0.15) is 10.2 Å². The predicted octanol–water partition coefficient (Wildman–Crippen LogP) is 3.66. The molecule has 2 aliphatic heterocycles. The fourth-order valence-electron chi connectivity index (χ4n) is 5.86. The molecule has 3 aromatic rings. The molecule has 4 heterocycles. The molecule has 39 heavy (non-hydrogen) atoms. The molecule has 0 N–H and O–H groups in total. The summed E-state index contributed by atoms with van der Waals surface area (Å²) in [5, 5.41) is 9.30. The SMILES string of the molecule is CCn1c(CC#N)nc2c(N3C[C@@H](C)N(C(C)c4c(F)cc5c(c4F)OC(C)(C)O5)C[C@@H]3C)nc(=O)n(C)c21. The number of aromatic nitrogens is 4. The van der Waals surface area contributed by atoms with Gasteiger partial charge in [0.15, 0.2) is 17.4 Å². The van der Waals surface area contributed by atoms with Crippen molar-refractivity contribution in [2.24, 2.45) is 7.05 Å². The molecular weight excluding hydrogens is 508 g/mol. The predicted molar refractivity (Wildman–Crippen MR) is 141 cm³/mol. The molecule has 10 nitrogen and oxygen atoms in total. The molecule has 1 saturated heterocycles. The topological polar surface area (TPSA) is 101 Å². The second kappa shape index (κ2) is 9.48. The lowest BCUT2D eigenvalue weighted by molar-refractivity contribution is -0.0446. The number of fused-ring (bicyclic) bond motifs is 2. The number of hydrogen-bond acceptors (Lipinski definition) is 8. The van der Waals surface area contributed by atoms with Crippen molar-refractivity contribution in [3.05, 3.63) is 39.6 Å². The van der Waals surface area contributed by atoms with E-state index in [4.69, 9.17) is 14.5 Å². The van der Waals surface area contributed by atoms with Crippen LogP contribution in [-0.2, 0) is 20.0 Å². The summed E-state index contributed by atoms with van der Waals surface area (Å²) in [6, 6.07) is 2.43. The number of benzene rings is 1. The highest BCUT2D eigenvalue weighted by atomic mass is 19.1. The van der Waals surface area contributed by atoms with Gasteiger partial charge < -0.3 is 18.9 Å². The minimum Gasteiger partial charge on any atom is -0.449 e. The first-order valence-electron chi connectivity index (χ1n) is 13.1. The molecule has 2 aromatic heterocycles. The first-order chi connectivity index (χ1) is 18.4. The van der Waals surface area contributed by atoms with Crippen LogP contribution in [0.2, 0.25) is 0 Å². The minimum atomic E-state index is -1.08. The minimum absolute atomic E-state index is 0.0558. The zero-order valence-corrected chi connectivity index (χ0v) is 23.2. The highest BCUT2D eigenvalue weighted by molar-refractivity contribution is 5.84. The van der Waals surface area contributed by atoms with E-state index in [0.29, 0.717) is 42.4 Å². The van der Waals surface area contributed by atoms with Crippen molar-refractivity contribution in [1.82, 2.24) is 24.0 Å². The van der Waals surface area contributed by atoms with Crippen LogP contribution >= 0.6 is 0 Å². The summed E-state index contributed by atoms with van der Waals surface area (Å²) in [6.45, 7) is 12.4. The molecule has 5 rings (SSSR count). The van der Waals surface area contributed by atoms with Gasteiger partial charge in [0.1, 0.15) is 22.8 Å². The smallest absolute Gasteiger partial charge is 0.350 e. The molecule has 0 radical (unpaired) electrons. The highest BCUT2D eigenvalue weighted by Gasteiger charge is 2.40. The third-order valence-corrected chi connectivity index (χ3v) is 7.69. The first kappa shape index (κ1) is 26.9. The molecule has 208 valence electrons. The van der Waals surface area contributed by atoms with Gasteiger partial charge in [0.25, 0.3) is 0 Å². The molecule has 12 heteroatoms. The van der Waals surface area contributed by atoms with Crippen molar-refractivity contribution in [3.63, 3.8) is 0 Å². The average Bonchev–Trinajstić information content (AvgIpc) is 3.39. The number of aryl methyl sites for hydroxylation is 2. The van der Waals surface area contributed by atoms with Gasteiger partial charge in [0.05, 0.1) is 12.5 Å². The van der Waals surface area contributed by atoms with Crippen LogP contribution < -0.4 is 20.1 Å². The third kappa shape index (κ3) is 4.29. The maximum Gasteiger partial charge on any atom is 0.350 e. The Bertz CT molecular complexity index is 1560. The normalized spacial score (nSPS) is 21.4. The van der Waals surface area contributed by atoms with Gasteiger partial charge in [-0.05, 0) is 27.7 Å². The fraction of sp³-hybridized carbons (Fsp3) is 0.556. The van der Waals surface area contributed by atoms with Crippen LogP contribution in [0.5, 0.6) is 11.5 Å². The van der Waals surface area contributed by atoms with Crippen LogP contribution in [0, 0.1) is 23.0 Å². The summed E-state index contributed by atoms with van der Waals surface area (Å²) in [5.41, 5.74) is 0.680. The van der Waals surface area contributed by atoms with E-state index in [9.17, 15) is 10.1 Å². The second-order valence-electron chi connectivity index (χ2n) is 10.8. The standard InChI is InChI=1S/C27H33F2N7O3/c1-8-34-19(9-10-30)31-22-24(32-26(37)33(7)25(22)34)36-13-14(2)35(12-15(36)3)16(4)20-17(28)11-18-23(21(20)29)39-27(5,6)38-18/h11,14-16H,8-9,12-13H2,1-7H3/t14-,15+,16?/m1/s1. The zero-order chi connectivity index (χ0) is 28.4.